The van der Waals surface area contributed by atoms with Crippen LogP contribution in [0.3, 0.4) is 0 Å². The molecule has 84 valence electrons. The van der Waals surface area contributed by atoms with Gasteiger partial charge in [0.25, 0.3) is 0 Å². The first-order chi connectivity index (χ1) is 7.63. The van der Waals surface area contributed by atoms with Crippen LogP contribution in [0, 0.1) is 6.92 Å². The molecule has 0 unspecified atom stereocenters. The average molecular weight is 215 g/mol. The zero-order valence-corrected chi connectivity index (χ0v) is 10.0. The maximum absolute atomic E-state index is 11.8. The number of nitrogens with zero attached hydrogens (tertiary/aromatic N) is 1. The molecule has 2 nitrogen and oxygen atoms in total. The first-order valence-corrected chi connectivity index (χ1v) is 5.31. The lowest BCUT2D eigenvalue weighted by Crippen LogP contribution is -2.04. The maximum Gasteiger partial charge on any atom is 0.162 e. The van der Waals surface area contributed by atoms with Crippen LogP contribution in [0.4, 0.5) is 0 Å². The fraction of sp³-hybridized carbons (Fsp3) is 0.286. The monoisotopic (exact) mass is 215 g/mol. The molecule has 0 N–H and O–H groups in total. The molecule has 0 fully saturated rings. The Morgan fingerprint density at radius 2 is 1.94 bits per heavy atom. The van der Waals surface area contributed by atoms with Gasteiger partial charge in [0, 0.05) is 19.7 Å². The molecule has 0 saturated carbocycles. The van der Waals surface area contributed by atoms with E-state index in [0.29, 0.717) is 6.42 Å². The van der Waals surface area contributed by atoms with E-state index in [2.05, 4.69) is 4.99 Å². The van der Waals surface area contributed by atoms with Crippen molar-refractivity contribution in [2.45, 2.75) is 20.3 Å². The molecule has 1 aromatic rings. The Morgan fingerprint density at radius 3 is 2.50 bits per heavy atom. The summed E-state index contributed by atoms with van der Waals surface area (Å²) in [6.45, 7) is 3.85. The Balaban J connectivity index is 2.68. The Labute approximate surface area is 96.7 Å². The zero-order chi connectivity index (χ0) is 12.0. The minimum Gasteiger partial charge on any atom is -0.297 e. The molecule has 0 amide bonds. The van der Waals surface area contributed by atoms with Gasteiger partial charge in [-0.25, -0.2) is 0 Å². The van der Waals surface area contributed by atoms with Gasteiger partial charge in [0.15, 0.2) is 5.78 Å². The summed E-state index contributed by atoms with van der Waals surface area (Å²) in [7, 11) is 1.69. The number of Topliss-reactive ketones (excluding diaryl/α,β-unsaturated/α-hetero) is 1. The van der Waals surface area contributed by atoms with Gasteiger partial charge in [-0.1, -0.05) is 29.8 Å². The van der Waals surface area contributed by atoms with Crippen molar-refractivity contribution in [3.63, 3.8) is 0 Å². The minimum absolute atomic E-state index is 0.142. The topological polar surface area (TPSA) is 29.4 Å². The number of hydrogen-bond acceptors (Lipinski definition) is 2. The van der Waals surface area contributed by atoms with E-state index in [1.807, 2.05) is 38.1 Å². The molecule has 0 aromatic heterocycles. The number of hydrogen-bond donors (Lipinski definition) is 0. The van der Waals surface area contributed by atoms with Crippen LogP contribution in [0.5, 0.6) is 0 Å². The average Bonchev–Trinajstić information content (AvgIpc) is 2.29. The van der Waals surface area contributed by atoms with Crippen LogP contribution in [0.15, 0.2) is 40.9 Å². The third-order valence-electron chi connectivity index (χ3n) is 2.40. The number of carbonyl (C=O) groups excluding carboxylic acids is 1. The normalized spacial score (nSPS) is 12.1. The molecule has 0 heterocycles. The Kier molecular flexibility index (Phi) is 4.65. The summed E-state index contributed by atoms with van der Waals surface area (Å²) >= 11 is 0. The van der Waals surface area contributed by atoms with E-state index in [9.17, 15) is 4.79 Å². The highest BCUT2D eigenvalue weighted by Gasteiger charge is 2.04. The molecule has 0 aliphatic rings. The van der Waals surface area contributed by atoms with E-state index >= 15 is 0 Å². The lowest BCUT2D eigenvalue weighted by atomic mass is 10.0. The van der Waals surface area contributed by atoms with Crippen molar-refractivity contribution in [2.75, 3.05) is 7.05 Å². The first kappa shape index (κ1) is 12.4. The molecule has 0 saturated heterocycles. The Hall–Kier alpha value is -1.70. The van der Waals surface area contributed by atoms with Crippen LogP contribution < -0.4 is 0 Å². The Bertz CT molecular complexity index is 413. The number of aryl methyl sites for hydroxylation is 1. The summed E-state index contributed by atoms with van der Waals surface area (Å²) in [6.07, 6.45) is 3.85. The van der Waals surface area contributed by atoms with Crippen molar-refractivity contribution in [1.82, 2.24) is 0 Å². The van der Waals surface area contributed by atoms with E-state index in [-0.39, 0.29) is 5.78 Å². The van der Waals surface area contributed by atoms with Crippen LogP contribution in [-0.2, 0) is 11.2 Å². The second-order valence-electron chi connectivity index (χ2n) is 3.84. The third kappa shape index (κ3) is 3.81. The summed E-state index contributed by atoms with van der Waals surface area (Å²) in [4.78, 5) is 15.6. The molecular formula is C14H17NO. The summed E-state index contributed by atoms with van der Waals surface area (Å²) in [5.41, 5.74) is 3.00. The zero-order valence-electron chi connectivity index (χ0n) is 10.0. The van der Waals surface area contributed by atoms with Crippen molar-refractivity contribution < 1.29 is 4.79 Å². The molecule has 0 aliphatic carbocycles. The van der Waals surface area contributed by atoms with Crippen LogP contribution in [0.2, 0.25) is 0 Å². The molecular weight excluding hydrogens is 198 g/mol. The van der Waals surface area contributed by atoms with E-state index < -0.39 is 0 Å². The fourth-order valence-corrected chi connectivity index (χ4v) is 1.31. The van der Waals surface area contributed by atoms with E-state index in [0.717, 1.165) is 11.1 Å². The van der Waals surface area contributed by atoms with Gasteiger partial charge in [-0.2, -0.15) is 0 Å². The van der Waals surface area contributed by atoms with Gasteiger partial charge in [0.05, 0.1) is 0 Å². The molecule has 2 heteroatoms. The smallest absolute Gasteiger partial charge is 0.162 e. The van der Waals surface area contributed by atoms with Gasteiger partial charge in [0.2, 0.25) is 0 Å². The predicted octanol–water partition coefficient (Wildman–Crippen LogP) is 2.75. The minimum atomic E-state index is 0.142. The van der Waals surface area contributed by atoms with Crippen molar-refractivity contribution in [2.24, 2.45) is 4.99 Å². The van der Waals surface area contributed by atoms with Crippen LogP contribution in [-0.4, -0.2) is 19.0 Å². The van der Waals surface area contributed by atoms with Crippen molar-refractivity contribution >= 4 is 12.0 Å². The Morgan fingerprint density at radius 1 is 1.31 bits per heavy atom. The number of carbonyl (C=O) groups is 1. The van der Waals surface area contributed by atoms with E-state index in [4.69, 9.17) is 0 Å². The summed E-state index contributed by atoms with van der Waals surface area (Å²) in [5.74, 6) is 0.142. The molecule has 0 aliphatic heterocycles. The van der Waals surface area contributed by atoms with Gasteiger partial charge in [-0.15, -0.1) is 0 Å². The van der Waals surface area contributed by atoms with E-state index in [1.165, 1.54) is 5.56 Å². The molecule has 0 atom stereocenters. The number of rotatable bonds is 4. The van der Waals surface area contributed by atoms with Gasteiger partial charge in [-0.05, 0) is 31.1 Å². The molecule has 0 spiro atoms. The number of ketones is 1. The van der Waals surface area contributed by atoms with Crippen molar-refractivity contribution in [1.29, 1.82) is 0 Å². The standard InChI is InChI=1S/C14H17NO/c1-11-4-6-13(7-5-11)10-14(16)12(2)8-9-15-3/h4-9H,10H2,1-3H3/b12-8+,15-9?. The highest BCUT2D eigenvalue weighted by molar-refractivity contribution is 5.99. The van der Waals surface area contributed by atoms with Crippen LogP contribution >= 0.6 is 0 Å². The van der Waals surface area contributed by atoms with Gasteiger partial charge >= 0.3 is 0 Å². The second kappa shape index (κ2) is 6.01. The van der Waals surface area contributed by atoms with Gasteiger partial charge in [-0.3, -0.25) is 9.79 Å². The van der Waals surface area contributed by atoms with E-state index in [1.54, 1.807) is 19.3 Å². The summed E-state index contributed by atoms with van der Waals surface area (Å²) in [5, 5.41) is 0. The van der Waals surface area contributed by atoms with Gasteiger partial charge < -0.3 is 0 Å². The number of aliphatic imine (C=N–C) groups is 1. The van der Waals surface area contributed by atoms with Crippen molar-refractivity contribution in [3.8, 4) is 0 Å². The van der Waals surface area contributed by atoms with Gasteiger partial charge in [0.1, 0.15) is 0 Å². The lowest BCUT2D eigenvalue weighted by molar-refractivity contribution is -0.114. The molecule has 0 radical (unpaired) electrons. The maximum atomic E-state index is 11.8. The highest BCUT2D eigenvalue weighted by atomic mass is 16.1. The summed E-state index contributed by atoms with van der Waals surface area (Å²) in [6, 6.07) is 8.03. The highest BCUT2D eigenvalue weighted by Crippen LogP contribution is 2.07. The predicted molar refractivity (Wildman–Crippen MR) is 68.1 cm³/mol. The number of benzene rings is 1. The first-order valence-electron chi connectivity index (χ1n) is 5.31. The molecule has 1 aromatic carbocycles. The molecule has 1 rings (SSSR count). The van der Waals surface area contributed by atoms with Crippen molar-refractivity contribution in [3.05, 3.63) is 47.0 Å². The quantitative estimate of drug-likeness (QED) is 0.561. The summed E-state index contributed by atoms with van der Waals surface area (Å²) < 4.78 is 0. The van der Waals surface area contributed by atoms with Crippen LogP contribution in [0.1, 0.15) is 18.1 Å². The lowest BCUT2D eigenvalue weighted by Gasteiger charge is -2.01. The largest absolute Gasteiger partial charge is 0.297 e. The number of allylic oxidation sites excluding steroid dienone is 2. The molecule has 0 bridgehead atoms. The fourth-order valence-electron chi connectivity index (χ4n) is 1.31. The van der Waals surface area contributed by atoms with Crippen LogP contribution in [0.25, 0.3) is 0 Å². The second-order valence-corrected chi connectivity index (χ2v) is 3.84. The SMILES string of the molecule is CN=C/C=C(\C)C(=O)Cc1ccc(C)cc1. The third-order valence-corrected chi connectivity index (χ3v) is 2.40. The molecule has 16 heavy (non-hydrogen) atoms.